The van der Waals surface area contributed by atoms with Crippen LogP contribution < -0.4 is 10.3 Å². The highest BCUT2D eigenvalue weighted by Crippen LogP contribution is 2.42. The second kappa shape index (κ2) is 10.2. The first-order chi connectivity index (χ1) is 17.7. The third-order valence-corrected chi connectivity index (χ3v) is 8.56. The molecule has 3 nitrogen and oxygen atoms in total. The van der Waals surface area contributed by atoms with Crippen LogP contribution in [0, 0.1) is 30.4 Å². The van der Waals surface area contributed by atoms with Gasteiger partial charge in [0, 0.05) is 30.4 Å². The minimum atomic E-state index is -0.606. The van der Waals surface area contributed by atoms with Crippen molar-refractivity contribution in [3.63, 3.8) is 0 Å². The molecule has 2 aromatic rings. The predicted octanol–water partition coefficient (Wildman–Crippen LogP) is 7.86. The molecule has 37 heavy (non-hydrogen) atoms. The number of anilines is 1. The van der Waals surface area contributed by atoms with E-state index < -0.39 is 17.1 Å². The van der Waals surface area contributed by atoms with Gasteiger partial charge in [0.25, 0.3) is 0 Å². The van der Waals surface area contributed by atoms with Gasteiger partial charge in [-0.05, 0) is 82.4 Å². The summed E-state index contributed by atoms with van der Waals surface area (Å²) in [5.41, 5.74) is 2.56. The number of allylic oxidation sites excluding steroid dienone is 5. The lowest BCUT2D eigenvalue weighted by Crippen LogP contribution is -2.26. The first kappa shape index (κ1) is 25.9. The van der Waals surface area contributed by atoms with Crippen LogP contribution in [0.4, 0.5) is 18.9 Å². The quantitative estimate of drug-likeness (QED) is 0.391. The van der Waals surface area contributed by atoms with Crippen LogP contribution in [-0.4, -0.2) is 17.7 Å². The van der Waals surface area contributed by atoms with Crippen LogP contribution >= 0.6 is 0 Å². The van der Waals surface area contributed by atoms with E-state index in [4.69, 9.17) is 0 Å². The van der Waals surface area contributed by atoms with E-state index in [0.29, 0.717) is 66.6 Å². The highest BCUT2D eigenvalue weighted by molar-refractivity contribution is 5.87. The van der Waals surface area contributed by atoms with Crippen LogP contribution in [-0.2, 0) is 6.42 Å². The second-order valence-corrected chi connectivity index (χ2v) is 11.3. The summed E-state index contributed by atoms with van der Waals surface area (Å²) in [6, 6.07) is -0.390. The molecular formula is C31H37F3N2O. The lowest BCUT2D eigenvalue weighted by Gasteiger charge is -2.29. The van der Waals surface area contributed by atoms with Gasteiger partial charge in [-0.1, -0.05) is 31.4 Å². The van der Waals surface area contributed by atoms with Gasteiger partial charge in [-0.3, -0.25) is 4.79 Å². The molecule has 0 N–H and O–H groups in total. The SMILES string of the molecule is CCCc1c(N2CC3C=C(C)CCCCC3C2)c(F)c2c(c1F)c(=O)c(C)cn2C1CC=C(F)C=C1C. The summed E-state index contributed by atoms with van der Waals surface area (Å²) in [4.78, 5) is 15.3. The van der Waals surface area contributed by atoms with E-state index in [-0.39, 0.29) is 22.8 Å². The molecule has 1 aliphatic heterocycles. The number of fused-ring (bicyclic) bond motifs is 2. The normalized spacial score (nSPS) is 24.4. The summed E-state index contributed by atoms with van der Waals surface area (Å²) in [5.74, 6) is -0.756. The molecule has 5 rings (SSSR count). The zero-order valence-corrected chi connectivity index (χ0v) is 22.3. The molecule has 1 saturated heterocycles. The monoisotopic (exact) mass is 510 g/mol. The van der Waals surface area contributed by atoms with Gasteiger partial charge in [-0.15, -0.1) is 0 Å². The Morgan fingerprint density at radius 1 is 1.05 bits per heavy atom. The zero-order chi connectivity index (χ0) is 26.4. The first-order valence-corrected chi connectivity index (χ1v) is 13.7. The molecule has 2 heterocycles. The largest absolute Gasteiger partial charge is 0.368 e. The molecule has 0 bridgehead atoms. The van der Waals surface area contributed by atoms with Gasteiger partial charge in [0.05, 0.1) is 22.6 Å². The Bertz CT molecular complexity index is 1380. The third-order valence-electron chi connectivity index (χ3n) is 8.56. The third kappa shape index (κ3) is 4.57. The van der Waals surface area contributed by atoms with Crippen molar-refractivity contribution in [3.8, 4) is 0 Å². The molecule has 0 spiro atoms. The van der Waals surface area contributed by atoms with Crippen LogP contribution in [0.15, 0.2) is 46.2 Å². The molecule has 0 amide bonds. The van der Waals surface area contributed by atoms with Crippen LogP contribution in [0.25, 0.3) is 10.9 Å². The maximum atomic E-state index is 16.8. The van der Waals surface area contributed by atoms with Crippen LogP contribution in [0.2, 0.25) is 0 Å². The zero-order valence-electron chi connectivity index (χ0n) is 22.3. The Hall–Kier alpha value is -2.76. The molecule has 6 heteroatoms. The number of hydrogen-bond donors (Lipinski definition) is 0. The Morgan fingerprint density at radius 2 is 1.84 bits per heavy atom. The molecule has 2 aliphatic carbocycles. The summed E-state index contributed by atoms with van der Waals surface area (Å²) >= 11 is 0. The standard InChI is InChI=1S/C31H37F3N2O/c1-5-8-24-27(33)26-30(36(15-20(4)31(26)37)25-12-11-23(32)14-19(25)3)28(34)29(24)35-16-21-10-7-6-9-18(2)13-22(21)17-35/h11,13-15,21-22,25H,5-10,12,16-17H2,1-4H3. The van der Waals surface area contributed by atoms with Gasteiger partial charge < -0.3 is 9.47 Å². The molecule has 0 radical (unpaired) electrons. The average molecular weight is 511 g/mol. The lowest BCUT2D eigenvalue weighted by molar-refractivity contribution is 0.423. The van der Waals surface area contributed by atoms with Gasteiger partial charge in [0.15, 0.2) is 11.2 Å². The fraction of sp³-hybridized carbons (Fsp3) is 0.516. The number of halogens is 3. The number of benzene rings is 1. The van der Waals surface area contributed by atoms with E-state index in [0.717, 1.165) is 19.3 Å². The molecular weight excluding hydrogens is 473 g/mol. The van der Waals surface area contributed by atoms with Crippen molar-refractivity contribution in [3.05, 3.63) is 74.4 Å². The summed E-state index contributed by atoms with van der Waals surface area (Å²) in [6.45, 7) is 8.87. The molecule has 1 aromatic heterocycles. The Balaban J connectivity index is 1.74. The Labute approximate surface area is 217 Å². The van der Waals surface area contributed by atoms with Crippen molar-refractivity contribution in [2.24, 2.45) is 11.8 Å². The highest BCUT2D eigenvalue weighted by atomic mass is 19.1. The van der Waals surface area contributed by atoms with Crippen LogP contribution in [0.1, 0.15) is 76.5 Å². The van der Waals surface area contributed by atoms with Gasteiger partial charge in [-0.2, -0.15) is 0 Å². The van der Waals surface area contributed by atoms with Crippen molar-refractivity contribution >= 4 is 16.6 Å². The average Bonchev–Trinajstić information content (AvgIpc) is 3.21. The topological polar surface area (TPSA) is 25.2 Å². The summed E-state index contributed by atoms with van der Waals surface area (Å²) < 4.78 is 48.8. The van der Waals surface area contributed by atoms with Gasteiger partial charge >= 0.3 is 0 Å². The molecule has 3 unspecified atom stereocenters. The van der Waals surface area contributed by atoms with Gasteiger partial charge in [0.1, 0.15) is 11.6 Å². The maximum Gasteiger partial charge on any atom is 0.195 e. The molecule has 198 valence electrons. The first-order valence-electron chi connectivity index (χ1n) is 13.7. The van der Waals surface area contributed by atoms with E-state index >= 15 is 8.78 Å². The highest BCUT2D eigenvalue weighted by Gasteiger charge is 2.36. The van der Waals surface area contributed by atoms with E-state index in [1.807, 2.05) is 11.8 Å². The van der Waals surface area contributed by atoms with Crippen molar-refractivity contribution in [1.29, 1.82) is 0 Å². The number of nitrogens with zero attached hydrogens (tertiary/aromatic N) is 2. The van der Waals surface area contributed by atoms with Crippen LogP contribution in [0.3, 0.4) is 0 Å². The summed E-state index contributed by atoms with van der Waals surface area (Å²) in [7, 11) is 0. The predicted molar refractivity (Wildman–Crippen MR) is 145 cm³/mol. The van der Waals surface area contributed by atoms with E-state index in [2.05, 4.69) is 13.0 Å². The molecule has 3 aliphatic rings. The van der Waals surface area contributed by atoms with E-state index in [1.165, 1.54) is 24.1 Å². The fourth-order valence-electron chi connectivity index (χ4n) is 6.69. The second-order valence-electron chi connectivity index (χ2n) is 11.3. The number of hydrogen-bond acceptors (Lipinski definition) is 2. The van der Waals surface area contributed by atoms with Crippen molar-refractivity contribution in [2.45, 2.75) is 78.7 Å². The van der Waals surface area contributed by atoms with Crippen molar-refractivity contribution < 1.29 is 13.2 Å². The van der Waals surface area contributed by atoms with Gasteiger partial charge in [-0.25, -0.2) is 13.2 Å². The molecule has 1 aromatic carbocycles. The van der Waals surface area contributed by atoms with E-state index in [1.54, 1.807) is 24.6 Å². The van der Waals surface area contributed by atoms with Crippen molar-refractivity contribution in [2.75, 3.05) is 18.0 Å². The summed E-state index contributed by atoms with van der Waals surface area (Å²) in [6.07, 6.45) is 12.7. The van der Waals surface area contributed by atoms with Crippen molar-refractivity contribution in [1.82, 2.24) is 4.57 Å². The smallest absolute Gasteiger partial charge is 0.195 e. The number of aryl methyl sites for hydroxylation is 1. The summed E-state index contributed by atoms with van der Waals surface area (Å²) in [5, 5.41) is -0.187. The Morgan fingerprint density at radius 3 is 2.57 bits per heavy atom. The van der Waals surface area contributed by atoms with Crippen LogP contribution in [0.5, 0.6) is 0 Å². The fourth-order valence-corrected chi connectivity index (χ4v) is 6.69. The molecule has 0 saturated carbocycles. The lowest BCUT2D eigenvalue weighted by atomic mass is 9.86. The number of pyridine rings is 1. The number of aromatic nitrogens is 1. The number of rotatable bonds is 4. The minimum Gasteiger partial charge on any atom is -0.368 e. The van der Waals surface area contributed by atoms with Gasteiger partial charge in [0.2, 0.25) is 0 Å². The minimum absolute atomic E-state index is 0.00699. The Kier molecular flexibility index (Phi) is 7.12. The van der Waals surface area contributed by atoms with E-state index in [9.17, 15) is 9.18 Å². The molecule has 1 fully saturated rings. The maximum absolute atomic E-state index is 16.8. The molecule has 3 atom stereocenters.